The molecule has 6 nitrogen and oxygen atoms in total. The van der Waals surface area contributed by atoms with Gasteiger partial charge in [0.15, 0.2) is 0 Å². The number of H-pyrrole nitrogens is 1. The lowest BCUT2D eigenvalue weighted by Gasteiger charge is -2.34. The molecule has 0 unspecified atom stereocenters. The summed E-state index contributed by atoms with van der Waals surface area (Å²) in [7, 11) is 0. The molecule has 1 fully saturated rings. The average Bonchev–Trinajstić information content (AvgIpc) is 3.11. The van der Waals surface area contributed by atoms with Crippen LogP contribution in [0.5, 0.6) is 0 Å². The first kappa shape index (κ1) is 15.7. The van der Waals surface area contributed by atoms with Crippen LogP contribution in [0.25, 0.3) is 11.0 Å². The van der Waals surface area contributed by atoms with Crippen molar-refractivity contribution >= 4 is 16.9 Å². The van der Waals surface area contributed by atoms with Crippen LogP contribution in [0.4, 0.5) is 0 Å². The van der Waals surface area contributed by atoms with Crippen molar-refractivity contribution in [2.75, 3.05) is 6.54 Å². The first-order chi connectivity index (χ1) is 12.3. The Morgan fingerprint density at radius 2 is 2.04 bits per heavy atom. The van der Waals surface area contributed by atoms with Gasteiger partial charge in [-0.05, 0) is 31.4 Å². The third-order valence-corrected chi connectivity index (χ3v) is 4.76. The monoisotopic (exact) mass is 335 g/mol. The van der Waals surface area contributed by atoms with Gasteiger partial charge in [0.2, 0.25) is 0 Å². The van der Waals surface area contributed by atoms with E-state index in [9.17, 15) is 4.79 Å². The van der Waals surface area contributed by atoms with Crippen molar-refractivity contribution in [3.63, 3.8) is 0 Å². The van der Waals surface area contributed by atoms with Crippen LogP contribution in [-0.4, -0.2) is 37.3 Å². The van der Waals surface area contributed by atoms with Crippen molar-refractivity contribution in [3.05, 3.63) is 53.9 Å². The number of aromatic nitrogens is 4. The molecule has 128 valence electrons. The lowest BCUT2D eigenvalue weighted by atomic mass is 10.0. The molecule has 3 heterocycles. The quantitative estimate of drug-likeness (QED) is 0.797. The summed E-state index contributed by atoms with van der Waals surface area (Å²) in [4.78, 5) is 31.5. The molecular formula is C19H21N5O. The van der Waals surface area contributed by atoms with E-state index in [1.165, 1.54) is 0 Å². The summed E-state index contributed by atoms with van der Waals surface area (Å²) in [6.45, 7) is 2.73. The van der Waals surface area contributed by atoms with Gasteiger partial charge in [-0.1, -0.05) is 19.1 Å². The van der Waals surface area contributed by atoms with Crippen LogP contribution in [0.15, 0.2) is 36.7 Å². The number of nitrogens with one attached hydrogen (secondary N) is 1. The van der Waals surface area contributed by atoms with Crippen molar-refractivity contribution in [2.45, 2.75) is 38.6 Å². The molecule has 0 saturated carbocycles. The van der Waals surface area contributed by atoms with Gasteiger partial charge in [0, 0.05) is 25.4 Å². The number of carbonyl (C=O) groups is 1. The molecule has 25 heavy (non-hydrogen) atoms. The Kier molecular flexibility index (Phi) is 4.17. The number of benzene rings is 1. The molecule has 1 amide bonds. The predicted octanol–water partition coefficient (Wildman–Crippen LogP) is 3.28. The van der Waals surface area contributed by atoms with E-state index in [4.69, 9.17) is 4.98 Å². The largest absolute Gasteiger partial charge is 0.340 e. The van der Waals surface area contributed by atoms with E-state index >= 15 is 0 Å². The molecule has 6 heteroatoms. The molecule has 1 aliphatic rings. The summed E-state index contributed by atoms with van der Waals surface area (Å²) in [5, 5.41) is 0. The van der Waals surface area contributed by atoms with Gasteiger partial charge in [0.25, 0.3) is 5.91 Å². The fourth-order valence-corrected chi connectivity index (χ4v) is 3.40. The van der Waals surface area contributed by atoms with Crippen LogP contribution >= 0.6 is 0 Å². The number of nitrogens with zero attached hydrogens (tertiary/aromatic N) is 4. The van der Waals surface area contributed by atoms with Gasteiger partial charge in [-0.15, -0.1) is 0 Å². The third-order valence-electron chi connectivity index (χ3n) is 4.76. The standard InChI is InChI=1S/C19H21N5O/c1-2-17-20-11-13(12-21-17)19(25)24-10-6-5-9-16(24)18-22-14-7-3-4-8-15(14)23-18/h3-4,7-8,11-12,16H,2,5-6,9-10H2,1H3,(H,22,23)/t16-/m0/s1. The van der Waals surface area contributed by atoms with Gasteiger partial charge in [0.05, 0.1) is 22.6 Å². The van der Waals surface area contributed by atoms with E-state index in [2.05, 4.69) is 15.0 Å². The average molecular weight is 335 g/mol. The Balaban J connectivity index is 1.64. The molecule has 0 bridgehead atoms. The fourth-order valence-electron chi connectivity index (χ4n) is 3.40. The van der Waals surface area contributed by atoms with Gasteiger partial charge in [-0.3, -0.25) is 4.79 Å². The van der Waals surface area contributed by atoms with Gasteiger partial charge < -0.3 is 9.88 Å². The number of hydrogen-bond acceptors (Lipinski definition) is 4. The van der Waals surface area contributed by atoms with E-state index in [1.54, 1.807) is 12.4 Å². The summed E-state index contributed by atoms with van der Waals surface area (Å²) < 4.78 is 0. The zero-order chi connectivity index (χ0) is 17.2. The molecule has 1 aliphatic heterocycles. The van der Waals surface area contributed by atoms with Gasteiger partial charge in [-0.2, -0.15) is 0 Å². The van der Waals surface area contributed by atoms with Crippen molar-refractivity contribution in [1.82, 2.24) is 24.8 Å². The first-order valence-corrected chi connectivity index (χ1v) is 8.83. The minimum atomic E-state index is -0.0282. The first-order valence-electron chi connectivity index (χ1n) is 8.83. The zero-order valence-corrected chi connectivity index (χ0v) is 14.3. The highest BCUT2D eigenvalue weighted by Crippen LogP contribution is 2.31. The van der Waals surface area contributed by atoms with Crippen LogP contribution in [0.1, 0.15) is 54.2 Å². The van der Waals surface area contributed by atoms with Crippen LogP contribution in [0, 0.1) is 0 Å². The molecule has 3 aromatic rings. The minimum Gasteiger partial charge on any atom is -0.340 e. The summed E-state index contributed by atoms with van der Waals surface area (Å²) in [5.41, 5.74) is 2.48. The van der Waals surface area contributed by atoms with Crippen LogP contribution in [0.3, 0.4) is 0 Å². The number of rotatable bonds is 3. The van der Waals surface area contributed by atoms with E-state index in [1.807, 2.05) is 36.1 Å². The van der Waals surface area contributed by atoms with E-state index < -0.39 is 0 Å². The number of piperidine rings is 1. The number of aromatic amines is 1. The van der Waals surface area contributed by atoms with Gasteiger partial charge in [0.1, 0.15) is 11.6 Å². The number of carbonyl (C=O) groups excluding carboxylic acids is 1. The number of hydrogen-bond donors (Lipinski definition) is 1. The number of para-hydroxylation sites is 2. The summed E-state index contributed by atoms with van der Waals surface area (Å²) in [6.07, 6.45) is 7.06. The Hall–Kier alpha value is -2.76. The topological polar surface area (TPSA) is 74.8 Å². The van der Waals surface area contributed by atoms with Gasteiger partial charge in [-0.25, -0.2) is 15.0 Å². The summed E-state index contributed by atoms with van der Waals surface area (Å²) in [6, 6.07) is 7.93. The van der Waals surface area contributed by atoms with Crippen molar-refractivity contribution in [1.29, 1.82) is 0 Å². The van der Waals surface area contributed by atoms with Crippen LogP contribution < -0.4 is 0 Å². The highest BCUT2D eigenvalue weighted by molar-refractivity contribution is 5.94. The maximum absolute atomic E-state index is 13.0. The number of amides is 1. The maximum atomic E-state index is 13.0. The van der Waals surface area contributed by atoms with Crippen molar-refractivity contribution < 1.29 is 4.79 Å². The molecule has 1 saturated heterocycles. The highest BCUT2D eigenvalue weighted by atomic mass is 16.2. The molecule has 4 rings (SSSR count). The van der Waals surface area contributed by atoms with Crippen molar-refractivity contribution in [2.24, 2.45) is 0 Å². The second-order valence-electron chi connectivity index (χ2n) is 6.39. The minimum absolute atomic E-state index is 0.0205. The lowest BCUT2D eigenvalue weighted by Crippen LogP contribution is -2.39. The van der Waals surface area contributed by atoms with Crippen LogP contribution in [-0.2, 0) is 6.42 Å². The summed E-state index contributed by atoms with van der Waals surface area (Å²) >= 11 is 0. The maximum Gasteiger partial charge on any atom is 0.257 e. The van der Waals surface area contributed by atoms with E-state index in [0.29, 0.717) is 5.56 Å². The third kappa shape index (κ3) is 2.99. The highest BCUT2D eigenvalue weighted by Gasteiger charge is 2.31. The fraction of sp³-hybridized carbons (Fsp3) is 0.368. The molecule has 0 radical (unpaired) electrons. The zero-order valence-electron chi connectivity index (χ0n) is 14.3. The lowest BCUT2D eigenvalue weighted by molar-refractivity contribution is 0.0600. The normalized spacial score (nSPS) is 17.8. The Morgan fingerprint density at radius 1 is 1.24 bits per heavy atom. The Bertz CT molecular complexity index is 853. The second-order valence-corrected chi connectivity index (χ2v) is 6.39. The second kappa shape index (κ2) is 6.63. The molecule has 2 aromatic heterocycles. The van der Waals surface area contributed by atoms with E-state index in [0.717, 1.165) is 54.9 Å². The molecule has 0 spiro atoms. The predicted molar refractivity (Wildman–Crippen MR) is 95.1 cm³/mol. The molecule has 1 aromatic carbocycles. The van der Waals surface area contributed by atoms with Gasteiger partial charge >= 0.3 is 0 Å². The Labute approximate surface area is 146 Å². The number of aryl methyl sites for hydroxylation is 1. The summed E-state index contributed by atoms with van der Waals surface area (Å²) in [5.74, 6) is 1.59. The molecular weight excluding hydrogens is 314 g/mol. The SMILES string of the molecule is CCc1ncc(C(=O)N2CCCC[C@H]2c2nc3ccccc3[nH]2)cn1. The number of imidazole rings is 1. The number of likely N-dealkylation sites (tertiary alicyclic amines) is 1. The van der Waals surface area contributed by atoms with Crippen molar-refractivity contribution in [3.8, 4) is 0 Å². The smallest absolute Gasteiger partial charge is 0.257 e. The van der Waals surface area contributed by atoms with Crippen LogP contribution in [0.2, 0.25) is 0 Å². The molecule has 1 N–H and O–H groups in total. The number of fused-ring (bicyclic) bond motifs is 1. The van der Waals surface area contributed by atoms with E-state index in [-0.39, 0.29) is 11.9 Å². The molecule has 0 aliphatic carbocycles. The Morgan fingerprint density at radius 3 is 2.80 bits per heavy atom. The molecule has 1 atom stereocenters.